The third kappa shape index (κ3) is 1.52. The zero-order valence-electron chi connectivity index (χ0n) is 9.04. The van der Waals surface area contributed by atoms with Gasteiger partial charge in [0.15, 0.2) is 0 Å². The Morgan fingerprint density at radius 1 is 1.06 bits per heavy atom. The van der Waals surface area contributed by atoms with Gasteiger partial charge in [-0.1, -0.05) is 0 Å². The minimum atomic E-state index is -1.05. The Hall–Kier alpha value is -2.11. The van der Waals surface area contributed by atoms with Crippen molar-refractivity contribution in [1.82, 2.24) is 0 Å². The molecule has 0 atom stereocenters. The van der Waals surface area contributed by atoms with Crippen LogP contribution in [0.15, 0.2) is 63.0 Å². The van der Waals surface area contributed by atoms with E-state index in [1.807, 2.05) is 18.2 Å². The van der Waals surface area contributed by atoms with Crippen LogP contribution in [0.25, 0.3) is 0 Å². The minimum Gasteiger partial charge on any atom is -0.305 e. The Morgan fingerprint density at radius 2 is 1.94 bits per heavy atom. The Morgan fingerprint density at radius 3 is 2.59 bits per heavy atom. The van der Waals surface area contributed by atoms with E-state index in [2.05, 4.69) is 15.0 Å². The molecule has 5 heteroatoms. The zero-order chi connectivity index (χ0) is 11.9. The van der Waals surface area contributed by atoms with E-state index in [4.69, 9.17) is 11.5 Å². The Kier molecular flexibility index (Phi) is 2.04. The van der Waals surface area contributed by atoms with Crippen LogP contribution in [0, 0.1) is 0 Å². The molecule has 0 saturated carbocycles. The van der Waals surface area contributed by atoms with Crippen molar-refractivity contribution in [3.8, 4) is 0 Å². The quantitative estimate of drug-likeness (QED) is 0.634. The van der Waals surface area contributed by atoms with Gasteiger partial charge in [0.1, 0.15) is 11.4 Å². The number of aliphatic imine (C=N–C) groups is 3. The van der Waals surface area contributed by atoms with Crippen molar-refractivity contribution >= 4 is 17.6 Å². The van der Waals surface area contributed by atoms with Crippen LogP contribution in [0.2, 0.25) is 0 Å². The van der Waals surface area contributed by atoms with Gasteiger partial charge in [0.05, 0.1) is 11.4 Å². The molecule has 84 valence electrons. The second-order valence-corrected chi connectivity index (χ2v) is 3.96. The van der Waals surface area contributed by atoms with E-state index < -0.39 is 5.66 Å². The van der Waals surface area contributed by atoms with Gasteiger partial charge in [0.2, 0.25) is 0 Å². The number of nitrogens with zero attached hydrogens (tertiary/aromatic N) is 3. The second kappa shape index (κ2) is 3.44. The molecule has 0 radical (unpaired) electrons. The van der Waals surface area contributed by atoms with E-state index >= 15 is 0 Å². The highest BCUT2D eigenvalue weighted by molar-refractivity contribution is 6.53. The molecule has 0 aromatic rings. The Labute approximate surface area is 98.3 Å². The number of rotatable bonds is 1. The first-order chi connectivity index (χ1) is 8.18. The lowest BCUT2D eigenvalue weighted by Crippen LogP contribution is -2.56. The van der Waals surface area contributed by atoms with Gasteiger partial charge < -0.3 is 11.5 Å². The fourth-order valence-electron chi connectivity index (χ4n) is 1.88. The molecule has 4 N–H and O–H groups in total. The normalized spacial score (nSPS) is 28.1. The van der Waals surface area contributed by atoms with Gasteiger partial charge in [0, 0.05) is 24.2 Å². The molecule has 0 aliphatic carbocycles. The Balaban J connectivity index is 2.04. The van der Waals surface area contributed by atoms with Crippen LogP contribution in [-0.2, 0) is 0 Å². The average molecular weight is 225 g/mol. The highest BCUT2D eigenvalue weighted by atomic mass is 15.0. The van der Waals surface area contributed by atoms with Gasteiger partial charge in [-0.25, -0.2) is 0 Å². The van der Waals surface area contributed by atoms with E-state index in [-0.39, 0.29) is 0 Å². The molecule has 3 heterocycles. The van der Waals surface area contributed by atoms with Crippen LogP contribution in [0.5, 0.6) is 0 Å². The van der Waals surface area contributed by atoms with Gasteiger partial charge in [-0.2, -0.15) is 0 Å². The largest absolute Gasteiger partial charge is 0.305 e. The highest BCUT2D eigenvalue weighted by Gasteiger charge is 2.33. The van der Waals surface area contributed by atoms with Gasteiger partial charge in [-0.3, -0.25) is 15.0 Å². The molecule has 0 unspecified atom stereocenters. The maximum atomic E-state index is 5.94. The van der Waals surface area contributed by atoms with Crippen LogP contribution in [0.4, 0.5) is 0 Å². The molecule has 0 saturated heterocycles. The van der Waals surface area contributed by atoms with Gasteiger partial charge in [-0.05, 0) is 24.3 Å². The van der Waals surface area contributed by atoms with E-state index in [9.17, 15) is 0 Å². The summed E-state index contributed by atoms with van der Waals surface area (Å²) in [4.78, 5) is 12.7. The summed E-state index contributed by atoms with van der Waals surface area (Å²) in [6.45, 7) is 0. The molecule has 0 amide bonds. The topological polar surface area (TPSA) is 89.1 Å². The molecule has 17 heavy (non-hydrogen) atoms. The first-order valence-electron chi connectivity index (χ1n) is 5.22. The summed E-state index contributed by atoms with van der Waals surface area (Å²) in [5.74, 6) is 0. The average Bonchev–Trinajstić information content (AvgIpc) is 2.94. The predicted molar refractivity (Wildman–Crippen MR) is 68.9 cm³/mol. The first-order valence-corrected chi connectivity index (χ1v) is 5.22. The minimum absolute atomic E-state index is 0.570. The molecule has 0 bridgehead atoms. The van der Waals surface area contributed by atoms with Crippen LogP contribution >= 0.6 is 0 Å². The number of hydrogen-bond donors (Lipinski definition) is 2. The predicted octanol–water partition coefficient (Wildman–Crippen LogP) is 0.431. The van der Waals surface area contributed by atoms with Gasteiger partial charge in [0.25, 0.3) is 0 Å². The maximum absolute atomic E-state index is 5.94. The van der Waals surface area contributed by atoms with Crippen LogP contribution in [0.1, 0.15) is 0 Å². The van der Waals surface area contributed by atoms with E-state index in [0.29, 0.717) is 11.4 Å². The molecule has 3 aliphatic rings. The summed E-state index contributed by atoms with van der Waals surface area (Å²) in [7, 11) is 0. The summed E-state index contributed by atoms with van der Waals surface area (Å²) in [5, 5.41) is 0. The van der Waals surface area contributed by atoms with E-state index in [0.717, 1.165) is 11.3 Å². The lowest BCUT2D eigenvalue weighted by atomic mass is 9.97. The molecule has 3 aliphatic heterocycles. The second-order valence-electron chi connectivity index (χ2n) is 3.96. The van der Waals surface area contributed by atoms with Crippen molar-refractivity contribution in [1.29, 1.82) is 0 Å². The van der Waals surface area contributed by atoms with Crippen molar-refractivity contribution in [2.24, 2.45) is 26.4 Å². The lowest BCUT2D eigenvalue weighted by molar-refractivity contribution is 0.758. The molecular formula is C12H11N5. The lowest BCUT2D eigenvalue weighted by Gasteiger charge is -2.19. The van der Waals surface area contributed by atoms with Crippen molar-refractivity contribution in [2.45, 2.75) is 5.66 Å². The number of nitrogens with two attached hydrogens (primary N) is 2. The fourth-order valence-corrected chi connectivity index (χ4v) is 1.88. The summed E-state index contributed by atoms with van der Waals surface area (Å²) in [6.07, 6.45) is 12.4. The summed E-state index contributed by atoms with van der Waals surface area (Å²) >= 11 is 0. The monoisotopic (exact) mass is 225 g/mol. The summed E-state index contributed by atoms with van der Waals surface area (Å²) < 4.78 is 0. The molecule has 5 nitrogen and oxygen atoms in total. The van der Waals surface area contributed by atoms with E-state index in [1.54, 1.807) is 24.7 Å². The number of allylic oxidation sites excluding steroid dienone is 4. The van der Waals surface area contributed by atoms with Crippen molar-refractivity contribution in [3.05, 3.63) is 48.0 Å². The van der Waals surface area contributed by atoms with Crippen LogP contribution in [0.3, 0.4) is 0 Å². The summed E-state index contributed by atoms with van der Waals surface area (Å²) in [6, 6.07) is 0. The standard InChI is InChI=1S/C12H11N5/c13-12(14)4-7-17-11(12)10-8(3-6-16-10)9-2-1-5-15-9/h1-7H,13-14H2. The molecule has 0 fully saturated rings. The molecule has 0 aromatic carbocycles. The molecule has 0 spiro atoms. The molecular weight excluding hydrogens is 214 g/mol. The fraction of sp³-hybridized carbons (Fsp3) is 0.0833. The third-order valence-electron chi connectivity index (χ3n) is 2.72. The molecule has 3 rings (SSSR count). The highest BCUT2D eigenvalue weighted by Crippen LogP contribution is 2.23. The van der Waals surface area contributed by atoms with Gasteiger partial charge >= 0.3 is 0 Å². The van der Waals surface area contributed by atoms with Gasteiger partial charge in [-0.15, -0.1) is 0 Å². The molecule has 0 aromatic heterocycles. The zero-order valence-corrected chi connectivity index (χ0v) is 9.04. The third-order valence-corrected chi connectivity index (χ3v) is 2.72. The van der Waals surface area contributed by atoms with E-state index in [1.165, 1.54) is 0 Å². The maximum Gasteiger partial charge on any atom is 0.131 e. The SMILES string of the molecule is NC1(N)C=CN=C1C1=NC=CC1=C1C=CC=N1. The van der Waals surface area contributed by atoms with Crippen molar-refractivity contribution < 1.29 is 0 Å². The van der Waals surface area contributed by atoms with Crippen molar-refractivity contribution in [3.63, 3.8) is 0 Å². The Bertz CT molecular complexity index is 568. The first kappa shape index (κ1) is 10.1. The van der Waals surface area contributed by atoms with Crippen molar-refractivity contribution in [2.75, 3.05) is 0 Å². The smallest absolute Gasteiger partial charge is 0.131 e. The summed E-state index contributed by atoms with van der Waals surface area (Å²) in [5.41, 5.74) is 13.8. The van der Waals surface area contributed by atoms with Crippen LogP contribution in [-0.4, -0.2) is 23.3 Å². The number of hydrogen-bond acceptors (Lipinski definition) is 5. The van der Waals surface area contributed by atoms with Crippen LogP contribution < -0.4 is 11.5 Å².